The van der Waals surface area contributed by atoms with E-state index in [2.05, 4.69) is 10.6 Å². The van der Waals surface area contributed by atoms with Crippen molar-refractivity contribution in [3.8, 4) is 5.75 Å². The predicted octanol–water partition coefficient (Wildman–Crippen LogP) is 6.00. The number of nitrogens with zero attached hydrogens (tertiary/aromatic N) is 1. The molecule has 0 saturated carbocycles. The van der Waals surface area contributed by atoms with E-state index in [1.807, 2.05) is 0 Å². The molecule has 2 atom stereocenters. The summed E-state index contributed by atoms with van der Waals surface area (Å²) < 4.78 is 10.7. The highest BCUT2D eigenvalue weighted by Gasteiger charge is 2.32. The lowest BCUT2D eigenvalue weighted by molar-refractivity contribution is -0.384. The zero-order valence-corrected chi connectivity index (χ0v) is 21.9. The Hall–Kier alpha value is -3.37. The van der Waals surface area contributed by atoms with Crippen molar-refractivity contribution in [2.75, 3.05) is 5.32 Å². The van der Waals surface area contributed by atoms with E-state index in [1.165, 1.54) is 0 Å². The number of hydrogen-bond donors (Lipinski definition) is 2. The molecule has 194 valence electrons. The second-order valence-electron chi connectivity index (χ2n) is 8.92. The molecule has 2 amide bonds. The van der Waals surface area contributed by atoms with Gasteiger partial charge in [-0.25, -0.2) is 9.59 Å². The van der Waals surface area contributed by atoms with Gasteiger partial charge in [0.05, 0.1) is 27.3 Å². The number of halogens is 2. The van der Waals surface area contributed by atoms with Crippen LogP contribution in [0.25, 0.3) is 0 Å². The van der Waals surface area contributed by atoms with Gasteiger partial charge in [0.2, 0.25) is 0 Å². The third-order valence-electron chi connectivity index (χ3n) is 4.96. The van der Waals surface area contributed by atoms with Crippen molar-refractivity contribution in [3.05, 3.63) is 62.1 Å². The Morgan fingerprint density at radius 2 is 1.75 bits per heavy atom. The lowest BCUT2D eigenvalue weighted by atomic mass is 9.99. The number of anilines is 1. The highest BCUT2D eigenvalue weighted by Crippen LogP contribution is 2.34. The smallest absolute Gasteiger partial charge is 0.408 e. The van der Waals surface area contributed by atoms with Gasteiger partial charge in [-0.3, -0.25) is 14.9 Å². The van der Waals surface area contributed by atoms with Crippen LogP contribution in [0.4, 0.5) is 16.2 Å². The number of amides is 2. The highest BCUT2D eigenvalue weighted by molar-refractivity contribution is 6.34. The average Bonchev–Trinajstić information content (AvgIpc) is 2.77. The number of carbonyl (C=O) groups is 3. The molecule has 0 heterocycles. The fourth-order valence-electron chi connectivity index (χ4n) is 2.97. The molecular formula is C24H27Cl2N3O7. The van der Waals surface area contributed by atoms with Crippen LogP contribution >= 0.6 is 23.2 Å². The number of rotatable bonds is 8. The number of hydrogen-bond acceptors (Lipinski definition) is 7. The minimum atomic E-state index is -1.17. The molecule has 10 nitrogen and oxygen atoms in total. The largest absolute Gasteiger partial charge is 0.444 e. The molecule has 0 saturated heterocycles. The van der Waals surface area contributed by atoms with Crippen molar-refractivity contribution in [1.29, 1.82) is 0 Å². The van der Waals surface area contributed by atoms with Crippen molar-refractivity contribution in [3.63, 3.8) is 0 Å². The van der Waals surface area contributed by atoms with E-state index in [0.717, 1.165) is 12.1 Å². The summed E-state index contributed by atoms with van der Waals surface area (Å²) in [6, 6.07) is 7.14. The fourth-order valence-corrected chi connectivity index (χ4v) is 3.39. The van der Waals surface area contributed by atoms with Crippen molar-refractivity contribution in [1.82, 2.24) is 5.32 Å². The lowest BCUT2D eigenvalue weighted by Gasteiger charge is -2.25. The summed E-state index contributed by atoms with van der Waals surface area (Å²) in [5, 5.41) is 16.4. The molecule has 2 N–H and O–H groups in total. The van der Waals surface area contributed by atoms with Crippen LogP contribution < -0.4 is 15.4 Å². The summed E-state index contributed by atoms with van der Waals surface area (Å²) in [6.45, 7) is 8.51. The van der Waals surface area contributed by atoms with Gasteiger partial charge in [-0.15, -0.1) is 0 Å². The van der Waals surface area contributed by atoms with Crippen LogP contribution in [0.5, 0.6) is 5.75 Å². The number of nitrogens with one attached hydrogen (secondary N) is 2. The molecular weight excluding hydrogens is 513 g/mol. The van der Waals surface area contributed by atoms with Gasteiger partial charge in [0.1, 0.15) is 16.7 Å². The number of para-hydroxylation sites is 1. The van der Waals surface area contributed by atoms with Crippen molar-refractivity contribution >= 4 is 52.5 Å². The van der Waals surface area contributed by atoms with E-state index in [9.17, 15) is 24.5 Å². The number of nitro benzene ring substituents is 1. The van der Waals surface area contributed by atoms with Gasteiger partial charge < -0.3 is 20.1 Å². The van der Waals surface area contributed by atoms with Crippen LogP contribution in [-0.2, 0) is 9.53 Å². The van der Waals surface area contributed by atoms with E-state index < -0.39 is 51.9 Å². The van der Waals surface area contributed by atoms with E-state index >= 15 is 0 Å². The maximum Gasteiger partial charge on any atom is 0.408 e. The van der Waals surface area contributed by atoms with Gasteiger partial charge in [-0.2, -0.15) is 0 Å². The Morgan fingerprint density at radius 1 is 1.11 bits per heavy atom. The zero-order chi connectivity index (χ0) is 27.2. The average molecular weight is 540 g/mol. The van der Waals surface area contributed by atoms with Crippen molar-refractivity contribution < 1.29 is 28.8 Å². The summed E-state index contributed by atoms with van der Waals surface area (Å²) in [4.78, 5) is 49.1. The molecule has 0 radical (unpaired) electrons. The number of nitro groups is 1. The van der Waals surface area contributed by atoms with Gasteiger partial charge in [0, 0.05) is 0 Å². The molecule has 0 aromatic heterocycles. The first kappa shape index (κ1) is 28.9. The maximum atomic E-state index is 13.1. The summed E-state index contributed by atoms with van der Waals surface area (Å²) in [5.41, 5.74) is -1.37. The minimum Gasteiger partial charge on any atom is -0.444 e. The standard InChI is InChI=1S/C24H27Cl2N3O7/c1-6-13(2)20(28-23(32)36-24(3,4)5)22(31)35-19-12-18(29(33)34)16(26)11-14(19)21(30)27-17-10-8-7-9-15(17)25/h7-13,20H,6H2,1-5H3,(H,27,30)(H,28,32)/t13-,20-/m0/s1. The molecule has 0 bridgehead atoms. The number of esters is 1. The third kappa shape index (κ3) is 7.82. The quantitative estimate of drug-likeness (QED) is 0.181. The van der Waals surface area contributed by atoms with Crippen LogP contribution in [-0.4, -0.2) is 34.5 Å². The Bertz CT molecular complexity index is 1160. The Morgan fingerprint density at radius 3 is 2.31 bits per heavy atom. The van der Waals surface area contributed by atoms with Gasteiger partial charge in [-0.05, 0) is 44.9 Å². The van der Waals surface area contributed by atoms with Gasteiger partial charge in [-0.1, -0.05) is 55.6 Å². The summed E-state index contributed by atoms with van der Waals surface area (Å²) in [7, 11) is 0. The van der Waals surface area contributed by atoms with Crippen LogP contribution in [0.1, 0.15) is 51.4 Å². The molecule has 0 unspecified atom stereocenters. The van der Waals surface area contributed by atoms with E-state index in [1.54, 1.807) is 58.9 Å². The molecule has 2 aromatic rings. The molecule has 0 spiro atoms. The molecule has 12 heteroatoms. The SMILES string of the molecule is CC[C@H](C)[C@H](NC(=O)OC(C)(C)C)C(=O)Oc1cc([N+](=O)[O-])c(Cl)cc1C(=O)Nc1ccccc1Cl. The van der Waals surface area contributed by atoms with E-state index in [4.69, 9.17) is 32.7 Å². The summed E-state index contributed by atoms with van der Waals surface area (Å²) in [5.74, 6) is -2.53. The summed E-state index contributed by atoms with van der Waals surface area (Å²) in [6.07, 6.45) is -0.362. The van der Waals surface area contributed by atoms with E-state index in [-0.39, 0.29) is 21.3 Å². The highest BCUT2D eigenvalue weighted by atomic mass is 35.5. The number of carbonyl (C=O) groups excluding carboxylic acids is 3. The van der Waals surface area contributed by atoms with E-state index in [0.29, 0.717) is 6.42 Å². The van der Waals surface area contributed by atoms with Crippen molar-refractivity contribution in [2.24, 2.45) is 5.92 Å². The molecule has 0 aliphatic heterocycles. The first-order valence-electron chi connectivity index (χ1n) is 11.0. The first-order chi connectivity index (χ1) is 16.7. The second-order valence-corrected chi connectivity index (χ2v) is 9.74. The lowest BCUT2D eigenvalue weighted by Crippen LogP contribution is -2.48. The third-order valence-corrected chi connectivity index (χ3v) is 5.59. The number of benzene rings is 2. The van der Waals surface area contributed by atoms with Crippen LogP contribution in [0.2, 0.25) is 10.0 Å². The van der Waals surface area contributed by atoms with Crippen LogP contribution in [0.15, 0.2) is 36.4 Å². The molecule has 36 heavy (non-hydrogen) atoms. The molecule has 2 rings (SSSR count). The van der Waals surface area contributed by atoms with Gasteiger partial charge in [0.15, 0.2) is 5.75 Å². The van der Waals surface area contributed by atoms with Crippen LogP contribution in [0.3, 0.4) is 0 Å². The second kappa shape index (κ2) is 12.0. The Balaban J connectivity index is 2.43. The summed E-state index contributed by atoms with van der Waals surface area (Å²) >= 11 is 12.1. The van der Waals surface area contributed by atoms with Gasteiger partial charge >= 0.3 is 12.1 Å². The monoisotopic (exact) mass is 539 g/mol. The topological polar surface area (TPSA) is 137 Å². The fraction of sp³-hybridized carbons (Fsp3) is 0.375. The van der Waals surface area contributed by atoms with Gasteiger partial charge in [0.25, 0.3) is 11.6 Å². The molecule has 0 fully saturated rings. The molecule has 2 aromatic carbocycles. The minimum absolute atomic E-state index is 0.246. The normalized spacial score (nSPS) is 12.8. The molecule has 0 aliphatic carbocycles. The number of alkyl carbamates (subject to hydrolysis) is 1. The predicted molar refractivity (Wildman–Crippen MR) is 136 cm³/mol. The van der Waals surface area contributed by atoms with Crippen molar-refractivity contribution in [2.45, 2.75) is 52.7 Å². The Labute approximate surface area is 218 Å². The van der Waals surface area contributed by atoms with Crippen LogP contribution in [0, 0.1) is 16.0 Å². The number of ether oxygens (including phenoxy) is 2. The molecule has 0 aliphatic rings. The maximum absolute atomic E-state index is 13.1. The Kier molecular flexibility index (Phi) is 9.66. The zero-order valence-electron chi connectivity index (χ0n) is 20.4. The first-order valence-corrected chi connectivity index (χ1v) is 11.7.